The van der Waals surface area contributed by atoms with Crippen molar-refractivity contribution in [2.45, 2.75) is 27.3 Å². The first-order chi connectivity index (χ1) is 12.8. The Hall–Kier alpha value is -1.92. The molecule has 3 N–H and O–H groups in total. The van der Waals surface area contributed by atoms with Gasteiger partial charge in [-0.25, -0.2) is 0 Å². The minimum absolute atomic E-state index is 0.0152. The summed E-state index contributed by atoms with van der Waals surface area (Å²) in [5, 5.41) is 2.91. The second-order valence-corrected chi connectivity index (χ2v) is 8.31. The van der Waals surface area contributed by atoms with E-state index in [0.29, 0.717) is 25.6 Å². The first-order valence-electron chi connectivity index (χ1n) is 10.1. The molecule has 1 aliphatic rings. The molecule has 27 heavy (non-hydrogen) atoms. The quantitative estimate of drug-likeness (QED) is 0.518. The molecule has 0 bridgehead atoms. The summed E-state index contributed by atoms with van der Waals surface area (Å²) in [5.74, 6) is 0.606. The highest BCUT2D eigenvalue weighted by Crippen LogP contribution is 2.02. The van der Waals surface area contributed by atoms with E-state index in [1.807, 2.05) is 11.9 Å². The summed E-state index contributed by atoms with van der Waals surface area (Å²) in [6.07, 6.45) is 0. The maximum Gasteiger partial charge on any atom is 0.278 e. The van der Waals surface area contributed by atoms with E-state index in [1.165, 1.54) is 16.0 Å². The van der Waals surface area contributed by atoms with E-state index in [4.69, 9.17) is 0 Å². The average Bonchev–Trinajstić information content (AvgIpc) is 2.60. The van der Waals surface area contributed by atoms with Crippen LogP contribution < -0.4 is 15.1 Å². The van der Waals surface area contributed by atoms with Gasteiger partial charge >= 0.3 is 0 Å². The highest BCUT2D eigenvalue weighted by molar-refractivity contribution is 5.79. The van der Waals surface area contributed by atoms with Crippen LogP contribution in [0.3, 0.4) is 0 Å². The van der Waals surface area contributed by atoms with Gasteiger partial charge in [-0.15, -0.1) is 0 Å². The van der Waals surface area contributed by atoms with Gasteiger partial charge in [0.05, 0.1) is 33.2 Å². The molecule has 1 saturated heterocycles. The lowest BCUT2D eigenvalue weighted by Gasteiger charge is -2.32. The van der Waals surface area contributed by atoms with Gasteiger partial charge in [0.2, 0.25) is 0 Å². The molecular weight excluding hydrogens is 340 g/mol. The predicted molar refractivity (Wildman–Crippen MR) is 107 cm³/mol. The van der Waals surface area contributed by atoms with Crippen molar-refractivity contribution in [3.8, 4) is 0 Å². The van der Waals surface area contributed by atoms with Crippen molar-refractivity contribution >= 4 is 11.8 Å². The number of carbonyl (C=O) groups excluding carboxylic acids is 2. The third-order valence-electron chi connectivity index (χ3n) is 4.98. The standard InChI is InChI=1S/C21H34N4O2/c1-17(2)13-22-20(26)15-23(4)16-21(27)25-10-8-24(9-11-25)14-19-7-5-6-18(3)12-19/h5-7,12,17H,8-11,13-16H2,1-4H3,(H,22,26)/p+2. The molecule has 1 aliphatic heterocycles. The number of likely N-dealkylation sites (N-methyl/N-ethyl adjacent to an activating group) is 1. The monoisotopic (exact) mass is 376 g/mol. The summed E-state index contributed by atoms with van der Waals surface area (Å²) < 4.78 is 0. The molecule has 0 spiro atoms. The summed E-state index contributed by atoms with van der Waals surface area (Å²) >= 11 is 0. The van der Waals surface area contributed by atoms with Gasteiger partial charge in [0.25, 0.3) is 11.8 Å². The third-order valence-corrected chi connectivity index (χ3v) is 4.98. The van der Waals surface area contributed by atoms with Crippen molar-refractivity contribution in [3.05, 3.63) is 35.4 Å². The van der Waals surface area contributed by atoms with E-state index in [0.717, 1.165) is 37.6 Å². The van der Waals surface area contributed by atoms with Gasteiger partial charge in [-0.2, -0.15) is 0 Å². The molecule has 0 aromatic heterocycles. The number of hydrogen-bond acceptors (Lipinski definition) is 2. The normalized spacial score (nSPS) is 16.4. The van der Waals surface area contributed by atoms with Gasteiger partial charge in [0.15, 0.2) is 13.1 Å². The smallest absolute Gasteiger partial charge is 0.278 e. The molecule has 1 fully saturated rings. The largest absolute Gasteiger partial charge is 0.351 e. The highest BCUT2D eigenvalue weighted by Gasteiger charge is 2.26. The van der Waals surface area contributed by atoms with Crippen LogP contribution in [0.1, 0.15) is 25.0 Å². The Morgan fingerprint density at radius 3 is 2.56 bits per heavy atom. The Kier molecular flexibility index (Phi) is 8.25. The fraction of sp³-hybridized carbons (Fsp3) is 0.619. The number of benzene rings is 1. The number of amides is 2. The second kappa shape index (κ2) is 10.4. The molecule has 1 heterocycles. The van der Waals surface area contributed by atoms with E-state index in [1.54, 1.807) is 0 Å². The van der Waals surface area contributed by atoms with Gasteiger partial charge in [0, 0.05) is 12.1 Å². The maximum atomic E-state index is 12.5. The van der Waals surface area contributed by atoms with E-state index in [2.05, 4.69) is 50.4 Å². The lowest BCUT2D eigenvalue weighted by Crippen LogP contribution is -3.14. The second-order valence-electron chi connectivity index (χ2n) is 8.31. The zero-order chi connectivity index (χ0) is 19.8. The molecule has 1 aromatic carbocycles. The molecule has 1 aromatic rings. The molecule has 150 valence electrons. The van der Waals surface area contributed by atoms with Gasteiger partial charge in [-0.1, -0.05) is 43.7 Å². The highest BCUT2D eigenvalue weighted by atomic mass is 16.2. The number of nitrogens with zero attached hydrogens (tertiary/aromatic N) is 1. The minimum Gasteiger partial charge on any atom is -0.351 e. The summed E-state index contributed by atoms with van der Waals surface area (Å²) in [7, 11) is 1.91. The van der Waals surface area contributed by atoms with Crippen LogP contribution in [0.15, 0.2) is 24.3 Å². The van der Waals surface area contributed by atoms with Crippen molar-refractivity contribution in [1.29, 1.82) is 0 Å². The number of carbonyl (C=O) groups is 2. The first-order valence-corrected chi connectivity index (χ1v) is 10.1. The van der Waals surface area contributed by atoms with Crippen molar-refractivity contribution < 1.29 is 19.4 Å². The van der Waals surface area contributed by atoms with Crippen LogP contribution in [0.4, 0.5) is 0 Å². The van der Waals surface area contributed by atoms with Crippen LogP contribution in [0.2, 0.25) is 0 Å². The third kappa shape index (κ3) is 7.69. The van der Waals surface area contributed by atoms with Crippen LogP contribution >= 0.6 is 0 Å². The summed E-state index contributed by atoms with van der Waals surface area (Å²) in [6.45, 7) is 12.2. The van der Waals surface area contributed by atoms with Gasteiger partial charge in [-0.3, -0.25) is 9.59 Å². The maximum absolute atomic E-state index is 12.5. The zero-order valence-electron chi connectivity index (χ0n) is 17.3. The topological polar surface area (TPSA) is 58.3 Å². The lowest BCUT2D eigenvalue weighted by molar-refractivity contribution is -0.917. The Morgan fingerprint density at radius 1 is 1.22 bits per heavy atom. The molecule has 0 radical (unpaired) electrons. The zero-order valence-corrected chi connectivity index (χ0v) is 17.3. The van der Waals surface area contributed by atoms with Crippen LogP contribution in [0.5, 0.6) is 0 Å². The van der Waals surface area contributed by atoms with Crippen LogP contribution in [0.25, 0.3) is 0 Å². The Balaban J connectivity index is 1.70. The van der Waals surface area contributed by atoms with Crippen LogP contribution in [0, 0.1) is 12.8 Å². The number of hydrogen-bond donors (Lipinski definition) is 3. The SMILES string of the molecule is Cc1cccc(C[NH+]2CCN(C(=O)C[NH+](C)CC(=O)NCC(C)C)CC2)c1. The number of piperazine rings is 1. The molecular formula is C21H36N4O2+2. The Labute approximate surface area is 163 Å². The molecule has 1 unspecified atom stereocenters. The van der Waals surface area contributed by atoms with Crippen LogP contribution in [-0.2, 0) is 16.1 Å². The molecule has 6 heteroatoms. The fourth-order valence-electron chi connectivity index (χ4n) is 3.45. The number of aryl methyl sites for hydroxylation is 1. The minimum atomic E-state index is 0.0152. The van der Waals surface area contributed by atoms with E-state index < -0.39 is 0 Å². The van der Waals surface area contributed by atoms with Crippen molar-refractivity contribution in [1.82, 2.24) is 10.2 Å². The molecule has 1 atom stereocenters. The Morgan fingerprint density at radius 2 is 1.93 bits per heavy atom. The lowest BCUT2D eigenvalue weighted by atomic mass is 10.1. The number of quaternary nitrogens is 2. The molecule has 0 aliphatic carbocycles. The summed E-state index contributed by atoms with van der Waals surface area (Å²) in [6, 6.07) is 8.66. The van der Waals surface area contributed by atoms with Crippen LogP contribution in [-0.4, -0.2) is 69.6 Å². The molecule has 2 rings (SSSR count). The average molecular weight is 377 g/mol. The number of nitrogens with one attached hydrogen (secondary N) is 3. The molecule has 6 nitrogen and oxygen atoms in total. The van der Waals surface area contributed by atoms with Gasteiger partial charge in [0.1, 0.15) is 6.54 Å². The fourth-order valence-corrected chi connectivity index (χ4v) is 3.45. The number of rotatable bonds is 8. The first kappa shape index (κ1) is 21.4. The summed E-state index contributed by atoms with van der Waals surface area (Å²) in [5.41, 5.74) is 2.66. The predicted octanol–water partition coefficient (Wildman–Crippen LogP) is -1.49. The van der Waals surface area contributed by atoms with Crippen molar-refractivity contribution in [2.24, 2.45) is 5.92 Å². The van der Waals surface area contributed by atoms with Crippen molar-refractivity contribution in [2.75, 3.05) is 52.9 Å². The molecule has 0 saturated carbocycles. The van der Waals surface area contributed by atoms with E-state index >= 15 is 0 Å². The van der Waals surface area contributed by atoms with Gasteiger partial charge in [-0.05, 0) is 12.8 Å². The molecule has 2 amide bonds. The Bertz CT molecular complexity index is 624. The summed E-state index contributed by atoms with van der Waals surface area (Å²) in [4.78, 5) is 28.8. The van der Waals surface area contributed by atoms with Crippen molar-refractivity contribution in [3.63, 3.8) is 0 Å². The van der Waals surface area contributed by atoms with E-state index in [-0.39, 0.29) is 11.8 Å². The van der Waals surface area contributed by atoms with E-state index in [9.17, 15) is 9.59 Å². The van der Waals surface area contributed by atoms with Gasteiger partial charge < -0.3 is 20.0 Å².